The van der Waals surface area contributed by atoms with Gasteiger partial charge in [0, 0.05) is 12.0 Å². The maximum Gasteiger partial charge on any atom is 0.410 e. The summed E-state index contributed by atoms with van der Waals surface area (Å²) in [4.78, 5) is 14.4. The standard InChI is InChI=1S/C20H27BrF2N2O4S/c1-12(22)30(27,28)24-17-15(10-13-6-5-7-14(21)16(13)23)25(11-20(17)8-9-20)18(26)29-19(2,3)4/h5-7,12,15,17,24H,8-11H2,1-4H3. The largest absolute Gasteiger partial charge is 0.444 e. The number of sulfonamides is 1. The van der Waals surface area contributed by atoms with Crippen molar-refractivity contribution in [3.8, 4) is 0 Å². The summed E-state index contributed by atoms with van der Waals surface area (Å²) in [5.74, 6) is -0.473. The van der Waals surface area contributed by atoms with Gasteiger partial charge in [-0.1, -0.05) is 12.1 Å². The molecule has 1 saturated heterocycles. The molecule has 2 fully saturated rings. The maximum absolute atomic E-state index is 14.7. The second-order valence-corrected chi connectivity index (χ2v) is 12.0. The second-order valence-electron chi connectivity index (χ2n) is 9.14. The summed E-state index contributed by atoms with van der Waals surface area (Å²) in [6.07, 6.45) is 0.860. The van der Waals surface area contributed by atoms with Gasteiger partial charge in [0.25, 0.3) is 0 Å². The Morgan fingerprint density at radius 3 is 2.57 bits per heavy atom. The number of alkyl halides is 1. The molecule has 1 amide bonds. The number of halogens is 3. The van der Waals surface area contributed by atoms with Gasteiger partial charge >= 0.3 is 6.09 Å². The van der Waals surface area contributed by atoms with Gasteiger partial charge in [-0.05, 0) is 74.5 Å². The first kappa shape index (κ1) is 23.4. The Morgan fingerprint density at radius 2 is 2.03 bits per heavy atom. The number of carbonyl (C=O) groups excluding carboxylic acids is 1. The Morgan fingerprint density at radius 1 is 1.40 bits per heavy atom. The van der Waals surface area contributed by atoms with Gasteiger partial charge in [-0.3, -0.25) is 0 Å². The van der Waals surface area contributed by atoms with Gasteiger partial charge in [0.2, 0.25) is 15.5 Å². The minimum atomic E-state index is -4.24. The van der Waals surface area contributed by atoms with Gasteiger partial charge in [-0.2, -0.15) is 0 Å². The lowest BCUT2D eigenvalue weighted by Crippen LogP contribution is -2.51. The van der Waals surface area contributed by atoms with Gasteiger partial charge < -0.3 is 9.64 Å². The molecule has 30 heavy (non-hydrogen) atoms. The summed E-state index contributed by atoms with van der Waals surface area (Å²) >= 11 is 3.16. The molecule has 6 nitrogen and oxygen atoms in total. The number of amides is 1. The minimum Gasteiger partial charge on any atom is -0.444 e. The van der Waals surface area contributed by atoms with E-state index in [0.717, 1.165) is 6.92 Å². The molecule has 1 heterocycles. The van der Waals surface area contributed by atoms with Crippen LogP contribution in [0.25, 0.3) is 0 Å². The Hall–Kier alpha value is -1.26. The number of nitrogens with one attached hydrogen (secondary N) is 1. The summed E-state index contributed by atoms with van der Waals surface area (Å²) in [6, 6.07) is 3.39. The number of hydrogen-bond acceptors (Lipinski definition) is 4. The van der Waals surface area contributed by atoms with Crippen LogP contribution in [-0.2, 0) is 21.2 Å². The molecule has 1 saturated carbocycles. The number of likely N-dealkylation sites (tertiary alicyclic amines) is 1. The predicted molar refractivity (Wildman–Crippen MR) is 113 cm³/mol. The number of ether oxygens (including phenoxy) is 1. The van der Waals surface area contributed by atoms with E-state index < -0.39 is 50.5 Å². The maximum atomic E-state index is 14.7. The van der Waals surface area contributed by atoms with E-state index in [-0.39, 0.29) is 17.4 Å². The molecule has 1 aliphatic heterocycles. The molecular formula is C20H27BrF2N2O4S. The highest BCUT2D eigenvalue weighted by Gasteiger charge is 2.62. The highest BCUT2D eigenvalue weighted by Crippen LogP contribution is 2.56. The molecule has 0 aromatic heterocycles. The number of carbonyl (C=O) groups is 1. The first-order chi connectivity index (χ1) is 13.8. The third kappa shape index (κ3) is 4.80. The Kier molecular flexibility index (Phi) is 6.25. The topological polar surface area (TPSA) is 75.7 Å². The summed E-state index contributed by atoms with van der Waals surface area (Å²) in [5, 5.41) is 0. The molecule has 10 heteroatoms. The highest BCUT2D eigenvalue weighted by atomic mass is 79.9. The Labute approximate surface area is 184 Å². The molecule has 3 rings (SSSR count). The molecule has 1 aromatic carbocycles. The molecule has 3 atom stereocenters. The summed E-state index contributed by atoms with van der Waals surface area (Å²) in [7, 11) is -4.24. The number of hydrogen-bond donors (Lipinski definition) is 1. The Balaban J connectivity index is 1.98. The van der Waals surface area contributed by atoms with Crippen LogP contribution >= 0.6 is 15.9 Å². The van der Waals surface area contributed by atoms with E-state index in [9.17, 15) is 22.0 Å². The molecule has 1 aliphatic carbocycles. The number of rotatable bonds is 5. The van der Waals surface area contributed by atoms with Gasteiger partial charge in [0.05, 0.1) is 16.6 Å². The quantitative estimate of drug-likeness (QED) is 0.648. The fourth-order valence-corrected chi connectivity index (χ4v) is 5.28. The van der Waals surface area contributed by atoms with Crippen molar-refractivity contribution in [1.29, 1.82) is 0 Å². The third-order valence-corrected chi connectivity index (χ3v) is 7.68. The van der Waals surface area contributed by atoms with Crippen LogP contribution in [0.15, 0.2) is 22.7 Å². The van der Waals surface area contributed by atoms with Crippen LogP contribution in [0.2, 0.25) is 0 Å². The SMILES string of the molecule is CC(F)S(=O)(=O)NC1C(Cc2cccc(Br)c2F)N(C(=O)OC(C)(C)C)CC12CC2. The lowest BCUT2D eigenvalue weighted by molar-refractivity contribution is 0.0213. The van der Waals surface area contributed by atoms with Crippen LogP contribution in [0.4, 0.5) is 13.6 Å². The molecule has 1 N–H and O–H groups in total. The first-order valence-corrected chi connectivity index (χ1v) is 12.2. The van der Waals surface area contributed by atoms with Crippen LogP contribution in [0.1, 0.15) is 46.1 Å². The third-order valence-electron chi connectivity index (χ3n) is 5.63. The lowest BCUT2D eigenvalue weighted by atomic mass is 9.92. The van der Waals surface area contributed by atoms with E-state index in [2.05, 4.69) is 20.7 Å². The molecule has 3 unspecified atom stereocenters. The molecule has 2 aliphatic rings. The van der Waals surface area contributed by atoms with Crippen LogP contribution in [0, 0.1) is 11.2 Å². The van der Waals surface area contributed by atoms with Crippen molar-refractivity contribution in [2.75, 3.05) is 6.54 Å². The van der Waals surface area contributed by atoms with E-state index in [1.165, 1.54) is 4.90 Å². The van der Waals surface area contributed by atoms with E-state index >= 15 is 0 Å². The average molecular weight is 509 g/mol. The number of nitrogens with zero attached hydrogens (tertiary/aromatic N) is 1. The fourth-order valence-electron chi connectivity index (χ4n) is 3.93. The van der Waals surface area contributed by atoms with E-state index in [1.807, 2.05) is 0 Å². The van der Waals surface area contributed by atoms with Crippen LogP contribution < -0.4 is 4.72 Å². The zero-order valence-corrected chi connectivity index (χ0v) is 19.8. The molecule has 0 bridgehead atoms. The van der Waals surface area contributed by atoms with E-state index in [0.29, 0.717) is 18.4 Å². The molecular weight excluding hydrogens is 482 g/mol. The smallest absolute Gasteiger partial charge is 0.410 e. The predicted octanol–water partition coefficient (Wildman–Crippen LogP) is 4.13. The van der Waals surface area contributed by atoms with Crippen molar-refractivity contribution in [1.82, 2.24) is 9.62 Å². The zero-order chi connectivity index (χ0) is 22.5. The summed E-state index contributed by atoms with van der Waals surface area (Å²) in [5.41, 5.74) is -3.01. The second kappa shape index (κ2) is 8.02. The molecule has 1 spiro atoms. The van der Waals surface area contributed by atoms with E-state index in [4.69, 9.17) is 4.74 Å². The van der Waals surface area contributed by atoms with Crippen molar-refractivity contribution in [2.45, 2.75) is 70.1 Å². The average Bonchev–Trinajstić information content (AvgIpc) is 3.32. The van der Waals surface area contributed by atoms with Crippen LogP contribution in [0.5, 0.6) is 0 Å². The Bertz CT molecular complexity index is 929. The van der Waals surface area contributed by atoms with Gasteiger partial charge in [0.15, 0.2) is 0 Å². The first-order valence-electron chi connectivity index (χ1n) is 9.83. The van der Waals surface area contributed by atoms with Crippen molar-refractivity contribution in [2.24, 2.45) is 5.41 Å². The monoisotopic (exact) mass is 508 g/mol. The van der Waals surface area contributed by atoms with Gasteiger partial charge in [-0.15, -0.1) is 0 Å². The van der Waals surface area contributed by atoms with Crippen molar-refractivity contribution >= 4 is 32.0 Å². The van der Waals surface area contributed by atoms with Crippen LogP contribution in [-0.4, -0.2) is 49.1 Å². The van der Waals surface area contributed by atoms with Crippen LogP contribution in [0.3, 0.4) is 0 Å². The molecule has 168 valence electrons. The van der Waals surface area contributed by atoms with Crippen molar-refractivity contribution in [3.05, 3.63) is 34.1 Å². The minimum absolute atomic E-state index is 0.0696. The van der Waals surface area contributed by atoms with Gasteiger partial charge in [0.1, 0.15) is 11.4 Å². The lowest BCUT2D eigenvalue weighted by Gasteiger charge is -2.31. The van der Waals surface area contributed by atoms with Gasteiger partial charge in [-0.25, -0.2) is 26.7 Å². The summed E-state index contributed by atoms with van der Waals surface area (Å²) in [6.45, 7) is 6.44. The van der Waals surface area contributed by atoms with Crippen molar-refractivity contribution in [3.63, 3.8) is 0 Å². The number of benzene rings is 1. The zero-order valence-electron chi connectivity index (χ0n) is 17.4. The van der Waals surface area contributed by atoms with E-state index in [1.54, 1.807) is 39.0 Å². The molecule has 1 aromatic rings. The fraction of sp³-hybridized carbons (Fsp3) is 0.650. The highest BCUT2D eigenvalue weighted by molar-refractivity contribution is 9.10. The normalized spacial score (nSPS) is 24.2. The summed E-state index contributed by atoms with van der Waals surface area (Å²) < 4.78 is 61.3. The molecule has 0 radical (unpaired) electrons. The van der Waals surface area contributed by atoms with Crippen molar-refractivity contribution < 1.29 is 26.7 Å².